The predicted octanol–water partition coefficient (Wildman–Crippen LogP) is 4.20. The maximum Gasteiger partial charge on any atom is 0.0441 e. The highest BCUT2D eigenvalue weighted by Gasteiger charge is 2.36. The number of nitrogens with zero attached hydrogens (tertiary/aromatic N) is 1. The van der Waals surface area contributed by atoms with E-state index in [0.717, 1.165) is 0 Å². The van der Waals surface area contributed by atoms with Gasteiger partial charge in [-0.1, -0.05) is 29.8 Å². The molecule has 0 radical (unpaired) electrons. The molecule has 0 spiro atoms. The summed E-state index contributed by atoms with van der Waals surface area (Å²) in [5, 5.41) is 2.21. The first-order valence-electron chi connectivity index (χ1n) is 5.13. The van der Waals surface area contributed by atoms with Gasteiger partial charge in [-0.25, -0.2) is 4.37 Å². The molecule has 2 atom stereocenters. The van der Waals surface area contributed by atoms with Crippen LogP contribution in [0.15, 0.2) is 11.6 Å². The molecule has 1 aromatic rings. The minimum Gasteiger partial charge on any atom is -0.201 e. The molecule has 2 unspecified atom stereocenters. The molecule has 0 amide bonds. The van der Waals surface area contributed by atoms with Gasteiger partial charge in [0.05, 0.1) is 0 Å². The molecule has 78 valence electrons. The smallest absolute Gasteiger partial charge is 0.0441 e. The van der Waals surface area contributed by atoms with E-state index < -0.39 is 0 Å². The summed E-state index contributed by atoms with van der Waals surface area (Å²) >= 11 is 5.32. The van der Waals surface area contributed by atoms with Crippen molar-refractivity contribution >= 4 is 27.5 Å². The lowest BCUT2D eigenvalue weighted by molar-refractivity contribution is 0.206. The molecule has 0 aromatic carbocycles. The molecule has 3 heteroatoms. The van der Waals surface area contributed by atoms with Crippen LogP contribution in [0.2, 0.25) is 0 Å². The lowest BCUT2D eigenvalue weighted by Crippen LogP contribution is -2.30. The van der Waals surface area contributed by atoms with E-state index >= 15 is 0 Å². The van der Waals surface area contributed by atoms with Crippen LogP contribution in [0.3, 0.4) is 0 Å². The van der Waals surface area contributed by atoms with Crippen molar-refractivity contribution in [1.82, 2.24) is 4.37 Å². The summed E-state index contributed by atoms with van der Waals surface area (Å²) in [4.78, 5) is 0.695. The lowest BCUT2D eigenvalue weighted by Gasteiger charge is -2.40. The molecule has 14 heavy (non-hydrogen) atoms. The van der Waals surface area contributed by atoms with Crippen molar-refractivity contribution in [3.63, 3.8) is 0 Å². The second kappa shape index (κ2) is 3.93. The zero-order valence-corrected chi connectivity index (χ0v) is 11.1. The molecular weight excluding hydrogens is 258 g/mol. The predicted molar refractivity (Wildman–Crippen MR) is 65.2 cm³/mol. The van der Waals surface area contributed by atoms with Crippen molar-refractivity contribution in [2.75, 3.05) is 0 Å². The molecule has 0 aliphatic heterocycles. The van der Waals surface area contributed by atoms with E-state index in [1.807, 2.05) is 6.20 Å². The van der Waals surface area contributed by atoms with Crippen molar-refractivity contribution in [2.45, 2.75) is 43.9 Å². The lowest BCUT2D eigenvalue weighted by atomic mass is 9.67. The van der Waals surface area contributed by atoms with Gasteiger partial charge in [0.15, 0.2) is 0 Å². The van der Waals surface area contributed by atoms with Crippen molar-refractivity contribution in [2.24, 2.45) is 5.41 Å². The van der Waals surface area contributed by atoms with Gasteiger partial charge < -0.3 is 0 Å². The van der Waals surface area contributed by atoms with Crippen molar-refractivity contribution in [1.29, 1.82) is 0 Å². The summed E-state index contributed by atoms with van der Waals surface area (Å²) in [7, 11) is 0. The SMILES string of the molecule is CC1(C)CCC(Br)CC1c1cnsc1. The molecule has 1 aliphatic carbocycles. The van der Waals surface area contributed by atoms with E-state index in [1.54, 1.807) is 11.5 Å². The van der Waals surface area contributed by atoms with E-state index in [0.29, 0.717) is 16.2 Å². The molecule has 1 aromatic heterocycles. The first-order chi connectivity index (χ1) is 6.59. The third-order valence-corrected chi connectivity index (χ3v) is 4.83. The topological polar surface area (TPSA) is 12.9 Å². The first-order valence-corrected chi connectivity index (χ1v) is 6.88. The Morgan fingerprint density at radius 3 is 3.00 bits per heavy atom. The maximum absolute atomic E-state index is 4.21. The Labute approximate surface area is 98.2 Å². The van der Waals surface area contributed by atoms with E-state index in [1.165, 1.54) is 24.8 Å². The number of hydrogen-bond acceptors (Lipinski definition) is 2. The molecule has 0 N–H and O–H groups in total. The van der Waals surface area contributed by atoms with Gasteiger partial charge >= 0.3 is 0 Å². The number of rotatable bonds is 1. The van der Waals surface area contributed by atoms with Crippen molar-refractivity contribution < 1.29 is 0 Å². The van der Waals surface area contributed by atoms with Crippen molar-refractivity contribution in [3.05, 3.63) is 17.1 Å². The zero-order chi connectivity index (χ0) is 10.2. The number of aromatic nitrogens is 1. The second-order valence-electron chi connectivity index (χ2n) is 4.87. The van der Waals surface area contributed by atoms with Gasteiger partial charge in [0.25, 0.3) is 0 Å². The summed E-state index contributed by atoms with van der Waals surface area (Å²) in [6, 6.07) is 0. The van der Waals surface area contributed by atoms with E-state index in [4.69, 9.17) is 0 Å². The fourth-order valence-corrected chi connectivity index (χ4v) is 3.56. The van der Waals surface area contributed by atoms with Gasteiger partial charge in [0.1, 0.15) is 0 Å². The number of hydrogen-bond donors (Lipinski definition) is 0. The van der Waals surface area contributed by atoms with Gasteiger partial charge in [0, 0.05) is 16.4 Å². The van der Waals surface area contributed by atoms with E-state index in [9.17, 15) is 0 Å². The molecule has 0 bridgehead atoms. The van der Waals surface area contributed by atoms with Crippen LogP contribution >= 0.6 is 27.5 Å². The van der Waals surface area contributed by atoms with Gasteiger partial charge in [-0.3, -0.25) is 0 Å². The molecule has 1 aliphatic rings. The third-order valence-electron chi connectivity index (χ3n) is 3.39. The highest BCUT2D eigenvalue weighted by molar-refractivity contribution is 9.09. The average Bonchev–Trinajstić information content (AvgIpc) is 2.62. The summed E-state index contributed by atoms with van der Waals surface area (Å²) in [5.74, 6) is 0.680. The molecule has 1 fully saturated rings. The van der Waals surface area contributed by atoms with Crippen LogP contribution in [0.25, 0.3) is 0 Å². The van der Waals surface area contributed by atoms with Gasteiger partial charge in [-0.05, 0) is 47.7 Å². The van der Waals surface area contributed by atoms with Crippen LogP contribution in [0.1, 0.15) is 44.6 Å². The fraction of sp³-hybridized carbons (Fsp3) is 0.727. The Balaban J connectivity index is 2.22. The molecule has 2 rings (SSSR count). The summed E-state index contributed by atoms with van der Waals surface area (Å²) < 4.78 is 4.21. The first kappa shape index (κ1) is 10.6. The van der Waals surface area contributed by atoms with Gasteiger partial charge in [-0.2, -0.15) is 0 Å². The van der Waals surface area contributed by atoms with Crippen LogP contribution < -0.4 is 0 Å². The zero-order valence-electron chi connectivity index (χ0n) is 8.66. The van der Waals surface area contributed by atoms with E-state index in [-0.39, 0.29) is 0 Å². The van der Waals surface area contributed by atoms with Crippen molar-refractivity contribution in [3.8, 4) is 0 Å². The second-order valence-corrected chi connectivity index (χ2v) is 6.82. The normalized spacial score (nSPS) is 31.6. The van der Waals surface area contributed by atoms with E-state index in [2.05, 4.69) is 39.5 Å². The summed E-state index contributed by atoms with van der Waals surface area (Å²) in [6.07, 6.45) is 5.91. The van der Waals surface area contributed by atoms with Crippen LogP contribution in [-0.2, 0) is 0 Å². The van der Waals surface area contributed by atoms with Crippen LogP contribution in [0.4, 0.5) is 0 Å². The Morgan fingerprint density at radius 1 is 1.57 bits per heavy atom. The molecule has 1 nitrogen and oxygen atoms in total. The van der Waals surface area contributed by atoms with Crippen LogP contribution in [0, 0.1) is 5.41 Å². The Bertz CT molecular complexity index is 294. The molecular formula is C11H16BrNS. The standard InChI is InChI=1S/C11H16BrNS/c1-11(2)4-3-9(12)5-10(11)8-6-13-14-7-8/h6-7,9-10H,3-5H2,1-2H3. The molecule has 1 heterocycles. The minimum atomic E-state index is 0.438. The quantitative estimate of drug-likeness (QED) is 0.699. The monoisotopic (exact) mass is 273 g/mol. The van der Waals surface area contributed by atoms with Crippen LogP contribution in [-0.4, -0.2) is 9.20 Å². The fourth-order valence-electron chi connectivity index (χ4n) is 2.37. The van der Waals surface area contributed by atoms with Crippen LogP contribution in [0.5, 0.6) is 0 Å². The average molecular weight is 274 g/mol. The summed E-state index contributed by atoms with van der Waals surface area (Å²) in [5.41, 5.74) is 1.87. The van der Waals surface area contributed by atoms with Gasteiger partial charge in [-0.15, -0.1) is 0 Å². The number of halogens is 1. The maximum atomic E-state index is 4.21. The minimum absolute atomic E-state index is 0.438. The van der Waals surface area contributed by atoms with Gasteiger partial charge in [0.2, 0.25) is 0 Å². The Morgan fingerprint density at radius 2 is 2.36 bits per heavy atom. The third kappa shape index (κ3) is 2.03. The highest BCUT2D eigenvalue weighted by atomic mass is 79.9. The Kier molecular flexibility index (Phi) is 2.98. The largest absolute Gasteiger partial charge is 0.201 e. The highest BCUT2D eigenvalue weighted by Crippen LogP contribution is 2.48. The molecule has 0 saturated heterocycles. The Hall–Kier alpha value is 0.110. The summed E-state index contributed by atoms with van der Waals surface area (Å²) in [6.45, 7) is 4.77. The molecule has 1 saturated carbocycles. The number of alkyl halides is 1.